The molecule has 4 rings (SSSR count). The van der Waals surface area contributed by atoms with Crippen molar-refractivity contribution in [2.75, 3.05) is 26.2 Å². The lowest BCUT2D eigenvalue weighted by atomic mass is 9.94. The maximum absolute atomic E-state index is 12.9. The van der Waals surface area contributed by atoms with Crippen LogP contribution in [0.5, 0.6) is 0 Å². The van der Waals surface area contributed by atoms with Crippen LogP contribution in [0.1, 0.15) is 61.9 Å². The van der Waals surface area contributed by atoms with Gasteiger partial charge in [0.05, 0.1) is 0 Å². The Hall–Kier alpha value is -2.51. The summed E-state index contributed by atoms with van der Waals surface area (Å²) in [6.07, 6.45) is 8.87. The summed E-state index contributed by atoms with van der Waals surface area (Å²) in [6, 6.07) is 0. The summed E-state index contributed by atoms with van der Waals surface area (Å²) in [6.45, 7) is 7.13. The Labute approximate surface area is 177 Å². The Bertz CT molecular complexity index is 908. The fourth-order valence-electron chi connectivity index (χ4n) is 4.83. The normalized spacial score (nSPS) is 18.6. The van der Waals surface area contributed by atoms with Gasteiger partial charge in [-0.2, -0.15) is 10.1 Å². The van der Waals surface area contributed by atoms with Crippen LogP contribution < -0.4 is 0 Å². The van der Waals surface area contributed by atoms with Crippen molar-refractivity contribution in [3.8, 4) is 0 Å². The van der Waals surface area contributed by atoms with Gasteiger partial charge in [0, 0.05) is 49.9 Å². The van der Waals surface area contributed by atoms with Gasteiger partial charge < -0.3 is 9.80 Å². The Morgan fingerprint density at radius 3 is 2.40 bits per heavy atom. The van der Waals surface area contributed by atoms with Gasteiger partial charge in [0.1, 0.15) is 6.33 Å². The smallest absolute Gasteiger partial charge is 0.252 e. The molecule has 0 unspecified atom stereocenters. The van der Waals surface area contributed by atoms with E-state index >= 15 is 0 Å². The summed E-state index contributed by atoms with van der Waals surface area (Å²) in [5, 5.41) is 4.22. The van der Waals surface area contributed by atoms with E-state index in [1.54, 1.807) is 4.52 Å². The van der Waals surface area contributed by atoms with E-state index in [-0.39, 0.29) is 11.8 Å². The van der Waals surface area contributed by atoms with Gasteiger partial charge >= 0.3 is 0 Å². The first-order valence-corrected chi connectivity index (χ1v) is 11.3. The topological polar surface area (TPSA) is 83.7 Å². The summed E-state index contributed by atoms with van der Waals surface area (Å²) in [7, 11) is 0. The molecule has 0 aliphatic carbocycles. The molecule has 2 fully saturated rings. The van der Waals surface area contributed by atoms with Crippen molar-refractivity contribution in [3.63, 3.8) is 0 Å². The van der Waals surface area contributed by atoms with E-state index in [2.05, 4.69) is 20.0 Å². The van der Waals surface area contributed by atoms with Crippen LogP contribution in [0.2, 0.25) is 0 Å². The minimum atomic E-state index is 0.0792. The van der Waals surface area contributed by atoms with Crippen molar-refractivity contribution in [1.82, 2.24) is 29.4 Å². The van der Waals surface area contributed by atoms with E-state index in [0.29, 0.717) is 37.6 Å². The second-order valence-electron chi connectivity index (χ2n) is 8.63. The summed E-state index contributed by atoms with van der Waals surface area (Å²) in [5.74, 6) is 1.14. The van der Waals surface area contributed by atoms with Crippen molar-refractivity contribution >= 4 is 17.6 Å². The molecule has 0 spiro atoms. The standard InChI is InChI=1S/C22H32N6O2/c1-16-19(17(2)28-22(25-16)23-15-24-28)7-8-20(29)26-13-9-18(10-14-26)21(30)27-11-5-3-4-6-12-27/h15,18H,3-14H2,1-2H3. The third-order valence-electron chi connectivity index (χ3n) is 6.69. The molecule has 2 amide bonds. The van der Waals surface area contributed by atoms with E-state index in [0.717, 1.165) is 55.7 Å². The number of nitrogens with zero attached hydrogens (tertiary/aromatic N) is 6. The van der Waals surface area contributed by atoms with E-state index < -0.39 is 0 Å². The molecule has 0 atom stereocenters. The third kappa shape index (κ3) is 4.32. The van der Waals surface area contributed by atoms with Crippen molar-refractivity contribution in [1.29, 1.82) is 0 Å². The molecule has 2 aromatic rings. The number of carbonyl (C=O) groups is 2. The number of aryl methyl sites for hydroxylation is 2. The Kier molecular flexibility index (Phi) is 6.29. The van der Waals surface area contributed by atoms with Crippen molar-refractivity contribution < 1.29 is 9.59 Å². The van der Waals surface area contributed by atoms with Gasteiger partial charge in [0.15, 0.2) is 0 Å². The quantitative estimate of drug-likeness (QED) is 0.770. The Morgan fingerprint density at radius 1 is 1.00 bits per heavy atom. The predicted octanol–water partition coefficient (Wildman–Crippen LogP) is 2.31. The van der Waals surface area contributed by atoms with Crippen LogP contribution in [0.25, 0.3) is 5.78 Å². The molecule has 162 valence electrons. The maximum atomic E-state index is 12.9. The van der Waals surface area contributed by atoms with Crippen LogP contribution in [0, 0.1) is 19.8 Å². The molecule has 4 heterocycles. The maximum Gasteiger partial charge on any atom is 0.252 e. The number of fused-ring (bicyclic) bond motifs is 1. The first-order valence-electron chi connectivity index (χ1n) is 11.3. The molecule has 2 aromatic heterocycles. The molecular formula is C22H32N6O2. The molecule has 0 aromatic carbocycles. The number of hydrogen-bond donors (Lipinski definition) is 0. The zero-order valence-corrected chi connectivity index (χ0v) is 18.1. The van der Waals surface area contributed by atoms with Gasteiger partial charge in [0.2, 0.25) is 11.8 Å². The molecular weight excluding hydrogens is 380 g/mol. The molecule has 0 N–H and O–H groups in total. The minimum Gasteiger partial charge on any atom is -0.343 e. The number of amides is 2. The monoisotopic (exact) mass is 412 g/mol. The average molecular weight is 413 g/mol. The van der Waals surface area contributed by atoms with Gasteiger partial charge in [0.25, 0.3) is 5.78 Å². The highest BCUT2D eigenvalue weighted by Gasteiger charge is 2.30. The lowest BCUT2D eigenvalue weighted by Gasteiger charge is -2.34. The molecule has 2 aliphatic heterocycles. The molecule has 8 heteroatoms. The van der Waals surface area contributed by atoms with E-state index in [4.69, 9.17) is 0 Å². The van der Waals surface area contributed by atoms with Crippen LogP contribution in [0.15, 0.2) is 6.33 Å². The number of piperidine rings is 1. The third-order valence-corrected chi connectivity index (χ3v) is 6.69. The highest BCUT2D eigenvalue weighted by molar-refractivity contribution is 5.80. The van der Waals surface area contributed by atoms with Crippen LogP contribution in [0.4, 0.5) is 0 Å². The molecule has 30 heavy (non-hydrogen) atoms. The highest BCUT2D eigenvalue weighted by atomic mass is 16.2. The molecule has 0 bridgehead atoms. The average Bonchev–Trinajstić information content (AvgIpc) is 3.05. The minimum absolute atomic E-state index is 0.0792. The van der Waals surface area contributed by atoms with Crippen LogP contribution in [-0.2, 0) is 16.0 Å². The van der Waals surface area contributed by atoms with E-state index in [9.17, 15) is 9.59 Å². The largest absolute Gasteiger partial charge is 0.343 e. The summed E-state index contributed by atoms with van der Waals surface area (Å²) < 4.78 is 1.73. The van der Waals surface area contributed by atoms with Crippen LogP contribution in [-0.4, -0.2) is 67.4 Å². The summed E-state index contributed by atoms with van der Waals surface area (Å²) in [4.78, 5) is 38.3. The lowest BCUT2D eigenvalue weighted by Crippen LogP contribution is -2.44. The second kappa shape index (κ2) is 9.10. The predicted molar refractivity (Wildman–Crippen MR) is 113 cm³/mol. The first-order chi connectivity index (χ1) is 14.5. The van der Waals surface area contributed by atoms with Crippen LogP contribution in [0.3, 0.4) is 0 Å². The number of rotatable bonds is 4. The number of carbonyl (C=O) groups excluding carboxylic acids is 2. The number of aromatic nitrogens is 4. The molecule has 2 aliphatic rings. The van der Waals surface area contributed by atoms with Crippen molar-refractivity contribution in [2.24, 2.45) is 5.92 Å². The van der Waals surface area contributed by atoms with Gasteiger partial charge in [-0.1, -0.05) is 12.8 Å². The van der Waals surface area contributed by atoms with Gasteiger partial charge in [-0.15, -0.1) is 0 Å². The number of hydrogen-bond acceptors (Lipinski definition) is 5. The highest BCUT2D eigenvalue weighted by Crippen LogP contribution is 2.23. The van der Waals surface area contributed by atoms with Crippen molar-refractivity contribution in [3.05, 3.63) is 23.3 Å². The fourth-order valence-corrected chi connectivity index (χ4v) is 4.83. The first kappa shape index (κ1) is 20.8. The number of likely N-dealkylation sites (tertiary alicyclic amines) is 2. The zero-order chi connectivity index (χ0) is 21.1. The summed E-state index contributed by atoms with van der Waals surface area (Å²) >= 11 is 0. The molecule has 8 nitrogen and oxygen atoms in total. The zero-order valence-electron chi connectivity index (χ0n) is 18.1. The SMILES string of the molecule is Cc1nc2ncnn2c(C)c1CCC(=O)N1CCC(C(=O)N2CCCCCC2)CC1. The Balaban J connectivity index is 1.30. The fraction of sp³-hybridized carbons (Fsp3) is 0.682. The van der Waals surface area contributed by atoms with Gasteiger partial charge in [-0.3, -0.25) is 9.59 Å². The van der Waals surface area contributed by atoms with Crippen LogP contribution >= 0.6 is 0 Å². The molecule has 0 radical (unpaired) electrons. The molecule has 0 saturated carbocycles. The lowest BCUT2D eigenvalue weighted by molar-refractivity contribution is -0.140. The van der Waals surface area contributed by atoms with Gasteiger partial charge in [-0.25, -0.2) is 9.50 Å². The second-order valence-corrected chi connectivity index (χ2v) is 8.63. The molecule has 2 saturated heterocycles. The van der Waals surface area contributed by atoms with E-state index in [1.807, 2.05) is 18.7 Å². The van der Waals surface area contributed by atoms with E-state index in [1.165, 1.54) is 19.2 Å². The van der Waals surface area contributed by atoms with Gasteiger partial charge in [-0.05, 0) is 51.5 Å². The summed E-state index contributed by atoms with van der Waals surface area (Å²) in [5.41, 5.74) is 2.96. The van der Waals surface area contributed by atoms with Crippen molar-refractivity contribution in [2.45, 2.75) is 65.2 Å². The Morgan fingerprint density at radius 2 is 1.70 bits per heavy atom.